The van der Waals surface area contributed by atoms with E-state index in [-0.39, 0.29) is 11.9 Å². The molecule has 1 aromatic rings. The molecule has 1 aromatic heterocycles. The SMILES string of the molecule is COc1cc(CN2CCC(N)C2=O)ccn1. The first kappa shape index (κ1) is 10.9. The Morgan fingerprint density at radius 2 is 2.50 bits per heavy atom. The zero-order valence-corrected chi connectivity index (χ0v) is 9.22. The molecule has 1 fully saturated rings. The predicted octanol–water partition coefficient (Wildman–Crippen LogP) is 0.150. The number of nitrogens with two attached hydrogens (primary N) is 1. The molecule has 5 heteroatoms. The molecule has 0 spiro atoms. The van der Waals surface area contributed by atoms with Gasteiger partial charge in [-0.25, -0.2) is 4.98 Å². The molecule has 1 aliphatic rings. The van der Waals surface area contributed by atoms with Crippen LogP contribution in [0.4, 0.5) is 0 Å². The Morgan fingerprint density at radius 1 is 1.69 bits per heavy atom. The van der Waals surface area contributed by atoms with Crippen molar-refractivity contribution in [1.29, 1.82) is 0 Å². The largest absolute Gasteiger partial charge is 0.481 e. The minimum atomic E-state index is -0.330. The number of likely N-dealkylation sites (tertiary alicyclic amines) is 1. The summed E-state index contributed by atoms with van der Waals surface area (Å²) in [5.41, 5.74) is 6.66. The Bertz CT molecular complexity index is 395. The lowest BCUT2D eigenvalue weighted by atomic mass is 10.2. The summed E-state index contributed by atoms with van der Waals surface area (Å²) in [6.45, 7) is 1.30. The van der Waals surface area contributed by atoms with Crippen LogP contribution in [0.5, 0.6) is 5.88 Å². The number of pyridine rings is 1. The second-order valence-corrected chi connectivity index (χ2v) is 3.86. The molecule has 1 amide bonds. The minimum Gasteiger partial charge on any atom is -0.481 e. The quantitative estimate of drug-likeness (QED) is 0.789. The van der Waals surface area contributed by atoms with Crippen molar-refractivity contribution in [2.45, 2.75) is 19.0 Å². The van der Waals surface area contributed by atoms with Gasteiger partial charge in [0.25, 0.3) is 0 Å². The van der Waals surface area contributed by atoms with Crippen molar-refractivity contribution in [2.24, 2.45) is 5.73 Å². The van der Waals surface area contributed by atoms with E-state index in [4.69, 9.17) is 10.5 Å². The first-order valence-electron chi connectivity index (χ1n) is 5.24. The van der Waals surface area contributed by atoms with Crippen LogP contribution in [0.2, 0.25) is 0 Å². The van der Waals surface area contributed by atoms with Gasteiger partial charge in [0, 0.05) is 25.4 Å². The maximum absolute atomic E-state index is 11.6. The van der Waals surface area contributed by atoms with E-state index in [9.17, 15) is 4.79 Å². The molecule has 5 nitrogen and oxygen atoms in total. The molecule has 2 N–H and O–H groups in total. The van der Waals surface area contributed by atoms with Gasteiger partial charge in [0.05, 0.1) is 13.2 Å². The van der Waals surface area contributed by atoms with E-state index in [1.165, 1.54) is 0 Å². The number of rotatable bonds is 3. The van der Waals surface area contributed by atoms with Gasteiger partial charge in [0.1, 0.15) is 0 Å². The molecular formula is C11H15N3O2. The Kier molecular flexibility index (Phi) is 3.05. The third-order valence-corrected chi connectivity index (χ3v) is 2.72. The van der Waals surface area contributed by atoms with Gasteiger partial charge in [-0.1, -0.05) is 0 Å². The van der Waals surface area contributed by atoms with Crippen LogP contribution in [0, 0.1) is 0 Å². The predicted molar refractivity (Wildman–Crippen MR) is 58.8 cm³/mol. The van der Waals surface area contributed by atoms with Crippen LogP contribution >= 0.6 is 0 Å². The number of ether oxygens (including phenoxy) is 1. The molecule has 16 heavy (non-hydrogen) atoms. The fourth-order valence-corrected chi connectivity index (χ4v) is 1.80. The van der Waals surface area contributed by atoms with E-state index in [1.807, 2.05) is 12.1 Å². The smallest absolute Gasteiger partial charge is 0.239 e. The Hall–Kier alpha value is -1.62. The maximum Gasteiger partial charge on any atom is 0.239 e. The minimum absolute atomic E-state index is 0.0239. The summed E-state index contributed by atoms with van der Waals surface area (Å²) < 4.78 is 5.03. The molecule has 0 bridgehead atoms. The number of amides is 1. The second-order valence-electron chi connectivity index (χ2n) is 3.86. The van der Waals surface area contributed by atoms with E-state index in [0.717, 1.165) is 18.5 Å². The van der Waals surface area contributed by atoms with Crippen LogP contribution in [0.3, 0.4) is 0 Å². The first-order valence-corrected chi connectivity index (χ1v) is 5.24. The van der Waals surface area contributed by atoms with Crippen molar-refractivity contribution in [3.63, 3.8) is 0 Å². The summed E-state index contributed by atoms with van der Waals surface area (Å²) in [4.78, 5) is 17.4. The number of nitrogens with zero attached hydrogens (tertiary/aromatic N) is 2. The normalized spacial score (nSPS) is 20.2. The lowest BCUT2D eigenvalue weighted by Crippen LogP contribution is -2.33. The van der Waals surface area contributed by atoms with Crippen LogP contribution < -0.4 is 10.5 Å². The fraction of sp³-hybridized carbons (Fsp3) is 0.455. The van der Waals surface area contributed by atoms with E-state index in [2.05, 4.69) is 4.98 Å². The number of methoxy groups -OCH3 is 1. The van der Waals surface area contributed by atoms with Crippen LogP contribution in [0.15, 0.2) is 18.3 Å². The van der Waals surface area contributed by atoms with Gasteiger partial charge in [0.2, 0.25) is 11.8 Å². The molecule has 1 unspecified atom stereocenters. The zero-order valence-electron chi connectivity index (χ0n) is 9.22. The monoisotopic (exact) mass is 221 g/mol. The van der Waals surface area contributed by atoms with Gasteiger partial charge < -0.3 is 15.4 Å². The highest BCUT2D eigenvalue weighted by Gasteiger charge is 2.28. The molecule has 0 saturated carbocycles. The van der Waals surface area contributed by atoms with Crippen LogP contribution in [-0.2, 0) is 11.3 Å². The van der Waals surface area contributed by atoms with Crippen molar-refractivity contribution >= 4 is 5.91 Å². The van der Waals surface area contributed by atoms with Gasteiger partial charge in [-0.3, -0.25) is 4.79 Å². The van der Waals surface area contributed by atoms with Crippen molar-refractivity contribution < 1.29 is 9.53 Å². The molecule has 86 valence electrons. The number of hydrogen-bond acceptors (Lipinski definition) is 4. The molecule has 2 heterocycles. The summed E-state index contributed by atoms with van der Waals surface area (Å²) in [6.07, 6.45) is 2.41. The van der Waals surface area contributed by atoms with E-state index in [1.54, 1.807) is 18.2 Å². The van der Waals surface area contributed by atoms with Crippen molar-refractivity contribution in [3.05, 3.63) is 23.9 Å². The van der Waals surface area contributed by atoms with E-state index >= 15 is 0 Å². The molecule has 1 saturated heterocycles. The zero-order chi connectivity index (χ0) is 11.5. The third kappa shape index (κ3) is 2.14. The standard InChI is InChI=1S/C11H15N3O2/c1-16-10-6-8(2-4-13-10)7-14-5-3-9(12)11(14)15/h2,4,6,9H,3,5,7,12H2,1H3. The summed E-state index contributed by atoms with van der Waals surface area (Å²) in [5.74, 6) is 0.587. The van der Waals surface area contributed by atoms with Crippen LogP contribution in [0.1, 0.15) is 12.0 Å². The van der Waals surface area contributed by atoms with Gasteiger partial charge in [0.15, 0.2) is 0 Å². The van der Waals surface area contributed by atoms with E-state index < -0.39 is 0 Å². The Labute approximate surface area is 94.2 Å². The topological polar surface area (TPSA) is 68.5 Å². The fourth-order valence-electron chi connectivity index (χ4n) is 1.80. The highest BCUT2D eigenvalue weighted by molar-refractivity contribution is 5.83. The number of carbonyl (C=O) groups excluding carboxylic acids is 1. The second kappa shape index (κ2) is 4.49. The molecule has 1 atom stereocenters. The molecule has 0 radical (unpaired) electrons. The molecule has 0 aromatic carbocycles. The average molecular weight is 221 g/mol. The highest BCUT2D eigenvalue weighted by Crippen LogP contribution is 2.15. The van der Waals surface area contributed by atoms with Gasteiger partial charge in [-0.15, -0.1) is 0 Å². The average Bonchev–Trinajstić information content (AvgIpc) is 2.61. The summed E-state index contributed by atoms with van der Waals surface area (Å²) in [5, 5.41) is 0. The van der Waals surface area contributed by atoms with Gasteiger partial charge in [-0.2, -0.15) is 0 Å². The van der Waals surface area contributed by atoms with E-state index in [0.29, 0.717) is 12.4 Å². The van der Waals surface area contributed by atoms with Crippen molar-refractivity contribution in [2.75, 3.05) is 13.7 Å². The summed E-state index contributed by atoms with van der Waals surface area (Å²) in [6, 6.07) is 3.38. The first-order chi connectivity index (χ1) is 7.70. The lowest BCUT2D eigenvalue weighted by Gasteiger charge is -2.16. The molecule has 0 aliphatic carbocycles. The summed E-state index contributed by atoms with van der Waals surface area (Å²) in [7, 11) is 1.57. The Balaban J connectivity index is 2.06. The third-order valence-electron chi connectivity index (χ3n) is 2.72. The lowest BCUT2D eigenvalue weighted by molar-refractivity contribution is -0.129. The highest BCUT2D eigenvalue weighted by atomic mass is 16.5. The summed E-state index contributed by atoms with van der Waals surface area (Å²) >= 11 is 0. The number of carbonyl (C=O) groups is 1. The number of aromatic nitrogens is 1. The Morgan fingerprint density at radius 3 is 3.12 bits per heavy atom. The van der Waals surface area contributed by atoms with Gasteiger partial charge >= 0.3 is 0 Å². The van der Waals surface area contributed by atoms with Crippen molar-refractivity contribution in [1.82, 2.24) is 9.88 Å². The molecule has 1 aliphatic heterocycles. The maximum atomic E-state index is 11.6. The van der Waals surface area contributed by atoms with Gasteiger partial charge in [-0.05, 0) is 18.1 Å². The molecular weight excluding hydrogens is 206 g/mol. The van der Waals surface area contributed by atoms with Crippen LogP contribution in [-0.4, -0.2) is 35.5 Å². The van der Waals surface area contributed by atoms with Crippen molar-refractivity contribution in [3.8, 4) is 5.88 Å². The molecule has 2 rings (SSSR count). The number of hydrogen-bond donors (Lipinski definition) is 1. The van der Waals surface area contributed by atoms with Crippen LogP contribution in [0.25, 0.3) is 0 Å².